The molecule has 4 rings (SSSR count). The second kappa shape index (κ2) is 11.1. The molecule has 10 heteroatoms. The molecule has 0 saturated carbocycles. The van der Waals surface area contributed by atoms with Crippen LogP contribution in [0.15, 0.2) is 59.8 Å². The molecule has 0 fully saturated rings. The summed E-state index contributed by atoms with van der Waals surface area (Å²) in [4.78, 5) is 26.3. The third-order valence-electron chi connectivity index (χ3n) is 5.32. The number of halogens is 1. The van der Waals surface area contributed by atoms with Crippen molar-refractivity contribution in [1.82, 2.24) is 14.8 Å². The average molecular weight is 527 g/mol. The fourth-order valence-electron chi connectivity index (χ4n) is 3.58. The van der Waals surface area contributed by atoms with Crippen molar-refractivity contribution in [1.29, 1.82) is 0 Å². The van der Waals surface area contributed by atoms with Crippen LogP contribution in [0.25, 0.3) is 11.1 Å². The van der Waals surface area contributed by atoms with E-state index in [4.69, 9.17) is 16.3 Å². The molecule has 0 spiro atoms. The molecule has 0 bridgehead atoms. The first-order valence-corrected chi connectivity index (χ1v) is 12.9. The van der Waals surface area contributed by atoms with Crippen molar-refractivity contribution in [3.63, 3.8) is 0 Å². The predicted octanol–water partition coefficient (Wildman–Crippen LogP) is 5.61. The molecule has 4 aromatic rings. The van der Waals surface area contributed by atoms with Crippen LogP contribution in [0.3, 0.4) is 0 Å². The first-order valence-electron chi connectivity index (χ1n) is 10.7. The number of anilines is 1. The van der Waals surface area contributed by atoms with Crippen LogP contribution in [-0.4, -0.2) is 39.5 Å². The van der Waals surface area contributed by atoms with Gasteiger partial charge in [0.2, 0.25) is 5.91 Å². The van der Waals surface area contributed by atoms with E-state index >= 15 is 0 Å². The standard InChI is InChI=1S/C25H23ClN4O3S2/c1-15-21(17-7-5-4-6-8-17)22(24(32)33-3)23(35-15)27-20(31)14-34-25-29-28-19(30(25)2)13-16-9-11-18(26)12-10-16/h4-12H,13-14H2,1-3H3,(H,27,31). The Morgan fingerprint density at radius 2 is 1.83 bits per heavy atom. The lowest BCUT2D eigenvalue weighted by atomic mass is 10.0. The van der Waals surface area contributed by atoms with E-state index < -0.39 is 5.97 Å². The van der Waals surface area contributed by atoms with E-state index in [1.807, 2.05) is 73.1 Å². The number of carbonyl (C=O) groups is 2. The van der Waals surface area contributed by atoms with Gasteiger partial charge in [0, 0.05) is 28.9 Å². The Labute approximate surface area is 216 Å². The van der Waals surface area contributed by atoms with Crippen LogP contribution in [0.1, 0.15) is 26.6 Å². The van der Waals surface area contributed by atoms with Crippen LogP contribution in [0.4, 0.5) is 5.00 Å². The number of thioether (sulfide) groups is 1. The predicted molar refractivity (Wildman–Crippen MR) is 140 cm³/mol. The Bertz CT molecular complexity index is 1350. The molecule has 35 heavy (non-hydrogen) atoms. The van der Waals surface area contributed by atoms with Gasteiger partial charge in [0.25, 0.3) is 0 Å². The van der Waals surface area contributed by atoms with Gasteiger partial charge in [-0.25, -0.2) is 4.79 Å². The number of methoxy groups -OCH3 is 1. The quantitative estimate of drug-likeness (QED) is 0.237. The highest BCUT2D eigenvalue weighted by atomic mass is 35.5. The number of rotatable bonds is 8. The first-order chi connectivity index (χ1) is 16.9. The Morgan fingerprint density at radius 3 is 2.51 bits per heavy atom. The highest BCUT2D eigenvalue weighted by Gasteiger charge is 2.25. The molecule has 0 atom stereocenters. The normalized spacial score (nSPS) is 10.9. The second-order valence-corrected chi connectivity index (χ2v) is 10.3. The van der Waals surface area contributed by atoms with Gasteiger partial charge >= 0.3 is 5.97 Å². The van der Waals surface area contributed by atoms with Crippen LogP contribution in [0.2, 0.25) is 5.02 Å². The summed E-state index contributed by atoms with van der Waals surface area (Å²) in [5, 5.41) is 13.2. The highest BCUT2D eigenvalue weighted by molar-refractivity contribution is 7.99. The lowest BCUT2D eigenvalue weighted by molar-refractivity contribution is -0.113. The number of carbonyl (C=O) groups excluding carboxylic acids is 2. The molecule has 1 amide bonds. The second-order valence-electron chi connectivity index (χ2n) is 7.69. The summed E-state index contributed by atoms with van der Waals surface area (Å²) in [5.41, 5.74) is 3.09. The number of aryl methyl sites for hydroxylation is 1. The summed E-state index contributed by atoms with van der Waals surface area (Å²) in [6, 6.07) is 17.2. The first kappa shape index (κ1) is 25.0. The van der Waals surface area contributed by atoms with Crippen molar-refractivity contribution < 1.29 is 14.3 Å². The molecular formula is C25H23ClN4O3S2. The van der Waals surface area contributed by atoms with E-state index in [1.165, 1.54) is 30.2 Å². The molecule has 7 nitrogen and oxygen atoms in total. The molecule has 0 aliphatic rings. The molecule has 2 aromatic carbocycles. The van der Waals surface area contributed by atoms with Crippen LogP contribution >= 0.6 is 34.7 Å². The van der Waals surface area contributed by atoms with Gasteiger partial charge in [-0.2, -0.15) is 0 Å². The van der Waals surface area contributed by atoms with E-state index in [1.54, 1.807) is 0 Å². The Balaban J connectivity index is 1.46. The maximum absolute atomic E-state index is 12.8. The van der Waals surface area contributed by atoms with E-state index in [2.05, 4.69) is 15.5 Å². The third-order valence-corrected chi connectivity index (χ3v) is 7.61. The van der Waals surface area contributed by atoms with Gasteiger partial charge < -0.3 is 14.6 Å². The number of thiophene rings is 1. The number of ether oxygens (including phenoxy) is 1. The maximum Gasteiger partial charge on any atom is 0.341 e. The van der Waals surface area contributed by atoms with E-state index in [0.29, 0.717) is 27.2 Å². The zero-order chi connectivity index (χ0) is 24.9. The van der Waals surface area contributed by atoms with Gasteiger partial charge in [-0.1, -0.05) is 65.8 Å². The number of esters is 1. The van der Waals surface area contributed by atoms with Crippen LogP contribution in [0, 0.1) is 6.92 Å². The van der Waals surface area contributed by atoms with E-state index in [-0.39, 0.29) is 11.7 Å². The molecule has 2 aromatic heterocycles. The summed E-state index contributed by atoms with van der Waals surface area (Å²) in [6.07, 6.45) is 0.604. The van der Waals surface area contributed by atoms with Crippen molar-refractivity contribution >= 4 is 51.6 Å². The molecule has 2 heterocycles. The number of hydrogen-bond donors (Lipinski definition) is 1. The van der Waals surface area contributed by atoms with Gasteiger partial charge in [0.15, 0.2) is 5.16 Å². The fourth-order valence-corrected chi connectivity index (χ4v) is 5.52. The fraction of sp³-hybridized carbons (Fsp3) is 0.200. The number of nitrogens with zero attached hydrogens (tertiary/aromatic N) is 3. The van der Waals surface area contributed by atoms with Gasteiger partial charge in [-0.05, 0) is 30.2 Å². The number of amides is 1. The number of aromatic nitrogens is 3. The van der Waals surface area contributed by atoms with E-state index in [9.17, 15) is 9.59 Å². The van der Waals surface area contributed by atoms with Crippen molar-refractivity contribution in [2.24, 2.45) is 7.05 Å². The zero-order valence-corrected chi connectivity index (χ0v) is 21.8. The van der Waals surface area contributed by atoms with Crippen molar-refractivity contribution in [2.45, 2.75) is 18.5 Å². The molecule has 0 radical (unpaired) electrons. The minimum Gasteiger partial charge on any atom is -0.465 e. The largest absolute Gasteiger partial charge is 0.465 e. The summed E-state index contributed by atoms with van der Waals surface area (Å²) in [5.74, 6) is 0.162. The maximum atomic E-state index is 12.8. The van der Waals surface area contributed by atoms with Crippen LogP contribution < -0.4 is 5.32 Å². The van der Waals surface area contributed by atoms with Gasteiger partial charge in [-0.3, -0.25) is 4.79 Å². The Hall–Kier alpha value is -3.14. The molecule has 0 unspecified atom stereocenters. The summed E-state index contributed by atoms with van der Waals surface area (Å²) < 4.78 is 6.89. The zero-order valence-electron chi connectivity index (χ0n) is 19.4. The average Bonchev–Trinajstić information content (AvgIpc) is 3.37. The Morgan fingerprint density at radius 1 is 1.11 bits per heavy atom. The number of hydrogen-bond acceptors (Lipinski definition) is 7. The topological polar surface area (TPSA) is 86.1 Å². The van der Waals surface area contributed by atoms with Gasteiger partial charge in [0.05, 0.1) is 12.9 Å². The molecule has 0 saturated heterocycles. The Kier molecular flexibility index (Phi) is 7.90. The summed E-state index contributed by atoms with van der Waals surface area (Å²) in [6.45, 7) is 1.92. The molecule has 180 valence electrons. The highest BCUT2D eigenvalue weighted by Crippen LogP contribution is 2.40. The van der Waals surface area contributed by atoms with Crippen LogP contribution in [0.5, 0.6) is 0 Å². The van der Waals surface area contributed by atoms with Gasteiger partial charge in [0.1, 0.15) is 16.4 Å². The van der Waals surface area contributed by atoms with Crippen molar-refractivity contribution in [3.8, 4) is 11.1 Å². The lowest BCUT2D eigenvalue weighted by Crippen LogP contribution is -2.16. The number of benzene rings is 2. The lowest BCUT2D eigenvalue weighted by Gasteiger charge is -2.08. The summed E-state index contributed by atoms with van der Waals surface area (Å²) in [7, 11) is 3.21. The van der Waals surface area contributed by atoms with Crippen LogP contribution in [-0.2, 0) is 23.0 Å². The minimum atomic E-state index is -0.490. The monoisotopic (exact) mass is 526 g/mol. The minimum absolute atomic E-state index is 0.116. The SMILES string of the molecule is COC(=O)c1c(NC(=O)CSc2nnc(Cc3ccc(Cl)cc3)n2C)sc(C)c1-c1ccccc1. The van der Waals surface area contributed by atoms with Crippen molar-refractivity contribution in [2.75, 3.05) is 18.2 Å². The molecule has 0 aliphatic heterocycles. The third kappa shape index (κ3) is 5.75. The molecule has 1 N–H and O–H groups in total. The van der Waals surface area contributed by atoms with E-state index in [0.717, 1.165) is 27.4 Å². The number of nitrogens with one attached hydrogen (secondary N) is 1. The smallest absolute Gasteiger partial charge is 0.341 e. The van der Waals surface area contributed by atoms with Gasteiger partial charge in [-0.15, -0.1) is 21.5 Å². The molecule has 0 aliphatic carbocycles. The van der Waals surface area contributed by atoms with Crippen molar-refractivity contribution in [3.05, 3.63) is 81.4 Å². The molecular weight excluding hydrogens is 504 g/mol. The summed E-state index contributed by atoms with van der Waals surface area (Å²) >= 11 is 8.59.